The topological polar surface area (TPSA) is 65.1 Å². The van der Waals surface area contributed by atoms with Gasteiger partial charge in [-0.05, 0) is 25.1 Å². The molecule has 0 fully saturated rings. The molecule has 0 radical (unpaired) electrons. The maximum Gasteiger partial charge on any atom is 0.238 e. The predicted molar refractivity (Wildman–Crippen MR) is 64.0 cm³/mol. The number of nitrogens with two attached hydrogens (primary N) is 1. The lowest BCUT2D eigenvalue weighted by atomic mass is 10.2. The van der Waals surface area contributed by atoms with Crippen LogP contribution in [-0.2, 0) is 16.6 Å². The Hall–Kier alpha value is -1.04. The van der Waals surface area contributed by atoms with Gasteiger partial charge in [0, 0.05) is 23.6 Å². The van der Waals surface area contributed by atoms with E-state index in [0.29, 0.717) is 10.4 Å². The fourth-order valence-electron chi connectivity index (χ4n) is 1.67. The van der Waals surface area contributed by atoms with E-state index >= 15 is 0 Å². The average Bonchev–Trinajstić information content (AvgIpc) is 2.54. The van der Waals surface area contributed by atoms with E-state index in [9.17, 15) is 8.42 Å². The van der Waals surface area contributed by atoms with Gasteiger partial charge < -0.3 is 4.57 Å². The Kier molecular flexibility index (Phi) is 2.69. The van der Waals surface area contributed by atoms with Gasteiger partial charge in [0.25, 0.3) is 0 Å². The number of rotatable bonds is 2. The Labute approximate surface area is 98.7 Å². The minimum Gasteiger partial charge on any atom is -0.346 e. The van der Waals surface area contributed by atoms with Crippen LogP contribution in [0.5, 0.6) is 0 Å². The van der Waals surface area contributed by atoms with Gasteiger partial charge in [0.1, 0.15) is 0 Å². The molecule has 2 N–H and O–H groups in total. The molecule has 1 aromatic heterocycles. The first-order valence-electron chi connectivity index (χ1n) is 4.74. The number of primary sulfonamides is 1. The van der Waals surface area contributed by atoms with Crippen molar-refractivity contribution in [1.29, 1.82) is 0 Å². The van der Waals surface area contributed by atoms with E-state index in [1.54, 1.807) is 12.3 Å². The molecule has 0 aliphatic heterocycles. The summed E-state index contributed by atoms with van der Waals surface area (Å²) in [5, 5.41) is 6.29. The normalized spacial score (nSPS) is 12.2. The minimum absolute atomic E-state index is 0.0794. The fourth-order valence-corrected chi connectivity index (χ4v) is 2.48. The third kappa shape index (κ3) is 1.81. The van der Waals surface area contributed by atoms with E-state index in [-0.39, 0.29) is 4.90 Å². The average molecular weight is 259 g/mol. The highest BCUT2D eigenvalue weighted by Crippen LogP contribution is 2.27. The second-order valence-corrected chi connectivity index (χ2v) is 5.46. The Morgan fingerprint density at radius 2 is 2.12 bits per heavy atom. The highest BCUT2D eigenvalue weighted by molar-refractivity contribution is 7.89. The molecule has 0 aliphatic carbocycles. The molecule has 4 nitrogen and oxygen atoms in total. The van der Waals surface area contributed by atoms with Gasteiger partial charge >= 0.3 is 0 Å². The first kappa shape index (κ1) is 11.4. The third-order valence-corrected chi connectivity index (χ3v) is 3.69. The molecule has 0 bridgehead atoms. The van der Waals surface area contributed by atoms with Crippen molar-refractivity contribution >= 4 is 32.5 Å². The summed E-state index contributed by atoms with van der Waals surface area (Å²) in [6, 6.07) is 4.70. The van der Waals surface area contributed by atoms with Crippen LogP contribution >= 0.6 is 11.6 Å². The fraction of sp³-hybridized carbons (Fsp3) is 0.200. The van der Waals surface area contributed by atoms with Crippen molar-refractivity contribution < 1.29 is 8.42 Å². The maximum atomic E-state index is 11.2. The molecule has 2 rings (SSSR count). The van der Waals surface area contributed by atoms with E-state index in [2.05, 4.69) is 0 Å². The van der Waals surface area contributed by atoms with Gasteiger partial charge in [-0.15, -0.1) is 0 Å². The van der Waals surface area contributed by atoms with Gasteiger partial charge in [-0.3, -0.25) is 0 Å². The van der Waals surface area contributed by atoms with Gasteiger partial charge in [0.2, 0.25) is 10.0 Å². The second-order valence-electron chi connectivity index (χ2n) is 3.49. The molecule has 2 aromatic rings. The van der Waals surface area contributed by atoms with Crippen LogP contribution in [0.3, 0.4) is 0 Å². The third-order valence-electron chi connectivity index (χ3n) is 2.47. The molecule has 0 saturated carbocycles. The highest BCUT2D eigenvalue weighted by Gasteiger charge is 2.12. The summed E-state index contributed by atoms with van der Waals surface area (Å²) in [6.45, 7) is 2.77. The number of aromatic nitrogens is 1. The zero-order valence-corrected chi connectivity index (χ0v) is 10.2. The van der Waals surface area contributed by atoms with Crippen LogP contribution in [0.1, 0.15) is 6.92 Å². The molecule has 0 amide bonds. The molecule has 1 heterocycles. The van der Waals surface area contributed by atoms with E-state index < -0.39 is 10.0 Å². The number of hydrogen-bond acceptors (Lipinski definition) is 2. The van der Waals surface area contributed by atoms with Gasteiger partial charge in [-0.1, -0.05) is 11.6 Å². The van der Waals surface area contributed by atoms with Crippen molar-refractivity contribution in [2.45, 2.75) is 18.4 Å². The van der Waals surface area contributed by atoms with Crippen LogP contribution in [0.2, 0.25) is 5.02 Å². The number of hydrogen-bond donors (Lipinski definition) is 1. The standard InChI is InChI=1S/C10H11ClN2O2S/c1-2-13-6-9(11)8-5-7(16(12,14)15)3-4-10(8)13/h3-6H,2H2,1H3,(H2,12,14,15). The van der Waals surface area contributed by atoms with Crippen LogP contribution in [0.15, 0.2) is 29.3 Å². The number of sulfonamides is 1. The van der Waals surface area contributed by atoms with Crippen molar-refractivity contribution in [3.05, 3.63) is 29.4 Å². The van der Waals surface area contributed by atoms with Crippen molar-refractivity contribution in [3.63, 3.8) is 0 Å². The largest absolute Gasteiger partial charge is 0.346 e. The lowest BCUT2D eigenvalue weighted by Gasteiger charge is -2.01. The summed E-state index contributed by atoms with van der Waals surface area (Å²) >= 11 is 6.02. The summed E-state index contributed by atoms with van der Waals surface area (Å²) < 4.78 is 24.3. The summed E-state index contributed by atoms with van der Waals surface area (Å²) in [5.74, 6) is 0. The van der Waals surface area contributed by atoms with Crippen molar-refractivity contribution in [3.8, 4) is 0 Å². The lowest BCUT2D eigenvalue weighted by Crippen LogP contribution is -2.11. The molecule has 0 unspecified atom stereocenters. The summed E-state index contributed by atoms with van der Waals surface area (Å²) in [6.07, 6.45) is 1.78. The van der Waals surface area contributed by atoms with Crippen LogP contribution in [0.25, 0.3) is 10.9 Å². The zero-order chi connectivity index (χ0) is 11.9. The van der Waals surface area contributed by atoms with Gasteiger partial charge in [-0.2, -0.15) is 0 Å². The first-order valence-corrected chi connectivity index (χ1v) is 6.67. The molecule has 1 aromatic carbocycles. The van der Waals surface area contributed by atoms with Gasteiger partial charge in [0.05, 0.1) is 9.92 Å². The minimum atomic E-state index is -3.68. The van der Waals surface area contributed by atoms with Crippen molar-refractivity contribution in [2.75, 3.05) is 0 Å². The number of fused-ring (bicyclic) bond motifs is 1. The van der Waals surface area contributed by atoms with Gasteiger partial charge in [-0.25, -0.2) is 13.6 Å². The molecular formula is C10H11ClN2O2S. The molecule has 6 heteroatoms. The second kappa shape index (κ2) is 3.76. The molecule has 0 saturated heterocycles. The van der Waals surface area contributed by atoms with Crippen molar-refractivity contribution in [1.82, 2.24) is 4.57 Å². The summed E-state index contributed by atoms with van der Waals surface area (Å²) in [4.78, 5) is 0.0794. The van der Waals surface area contributed by atoms with E-state index in [0.717, 1.165) is 12.1 Å². The molecule has 0 atom stereocenters. The zero-order valence-electron chi connectivity index (χ0n) is 8.64. The summed E-state index contributed by atoms with van der Waals surface area (Å²) in [7, 11) is -3.68. The number of nitrogens with zero attached hydrogens (tertiary/aromatic N) is 1. The van der Waals surface area contributed by atoms with Crippen LogP contribution in [0, 0.1) is 0 Å². The first-order chi connectivity index (χ1) is 7.43. The Morgan fingerprint density at radius 1 is 1.44 bits per heavy atom. The molecule has 0 aliphatic rings. The van der Waals surface area contributed by atoms with Gasteiger partial charge in [0.15, 0.2) is 0 Å². The van der Waals surface area contributed by atoms with E-state index in [1.807, 2.05) is 11.5 Å². The molecule has 86 valence electrons. The molecule has 0 spiro atoms. The lowest BCUT2D eigenvalue weighted by molar-refractivity contribution is 0.598. The van der Waals surface area contributed by atoms with E-state index in [1.165, 1.54) is 12.1 Å². The Bertz CT molecular complexity index is 646. The monoisotopic (exact) mass is 258 g/mol. The van der Waals surface area contributed by atoms with Crippen LogP contribution in [0.4, 0.5) is 0 Å². The SMILES string of the molecule is CCn1cc(Cl)c2cc(S(N)(=O)=O)ccc21. The summed E-state index contributed by atoms with van der Waals surface area (Å²) in [5.41, 5.74) is 0.903. The molecule has 16 heavy (non-hydrogen) atoms. The Morgan fingerprint density at radius 3 is 2.69 bits per heavy atom. The maximum absolute atomic E-state index is 11.2. The number of halogens is 1. The van der Waals surface area contributed by atoms with Crippen LogP contribution < -0.4 is 5.14 Å². The Balaban J connectivity index is 2.77. The number of benzene rings is 1. The quantitative estimate of drug-likeness (QED) is 0.895. The van der Waals surface area contributed by atoms with E-state index in [4.69, 9.17) is 16.7 Å². The van der Waals surface area contributed by atoms with Crippen LogP contribution in [-0.4, -0.2) is 13.0 Å². The molecular weight excluding hydrogens is 248 g/mol. The highest BCUT2D eigenvalue weighted by atomic mass is 35.5. The smallest absolute Gasteiger partial charge is 0.238 e. The predicted octanol–water partition coefficient (Wildman–Crippen LogP) is 1.96. The number of aryl methyl sites for hydroxylation is 1. The van der Waals surface area contributed by atoms with Crippen molar-refractivity contribution in [2.24, 2.45) is 5.14 Å².